The topological polar surface area (TPSA) is 51.0 Å². The maximum Gasteiger partial charge on any atom is 0.0702 e. The Labute approximate surface area is 440 Å². The van der Waals surface area contributed by atoms with Crippen LogP contribution in [0.5, 0.6) is 0 Å². The Morgan fingerprint density at radius 1 is 0.533 bits per heavy atom. The third kappa shape index (κ3) is 10.3. The van der Waals surface area contributed by atoms with Crippen LogP contribution in [0.2, 0.25) is 0 Å². The van der Waals surface area contributed by atoms with E-state index in [4.69, 9.17) is 0 Å². The molecule has 75 heavy (non-hydrogen) atoms. The van der Waals surface area contributed by atoms with Gasteiger partial charge in [-0.25, -0.2) is 0 Å². The van der Waals surface area contributed by atoms with Crippen molar-refractivity contribution in [2.24, 2.45) is 4.99 Å². The Hall–Kier alpha value is -9.38. The number of pyridine rings is 3. The molecule has 0 saturated carbocycles. The molecule has 0 spiro atoms. The fourth-order valence-corrected chi connectivity index (χ4v) is 9.84. The molecule has 0 radical (unpaired) electrons. The molecule has 0 aliphatic heterocycles. The van der Waals surface area contributed by atoms with Crippen molar-refractivity contribution in [3.05, 3.63) is 267 Å². The Kier molecular flexibility index (Phi) is 14.5. The fraction of sp³-hybridized carbons (Fsp3) is 0.0704. The molecule has 0 aliphatic rings. The first kappa shape index (κ1) is 49.2. The molecule has 12 rings (SSSR count). The molecular formula is C71H58N4. The molecule has 3 heterocycles. The van der Waals surface area contributed by atoms with E-state index in [0.717, 1.165) is 56.2 Å². The number of hydrogen-bond donors (Lipinski definition) is 0. The molecular weight excluding hydrogens is 909 g/mol. The van der Waals surface area contributed by atoms with Crippen molar-refractivity contribution in [1.29, 1.82) is 0 Å². The number of rotatable bonds is 10. The van der Waals surface area contributed by atoms with Gasteiger partial charge in [-0.2, -0.15) is 0 Å². The molecule has 3 aromatic heterocycles. The SMILES string of the molecule is C=Cc1cc(C(=C)C(=C)/C=C\C(C)=C\C)ccc1N=CC.CCc1ccc2ncccc2c1.c1cnc2ccc(-c3ccc(-c4ccc5ccc6c(-c7cncc8ccccc78)ccc7ccc4c5c76)cc3)cc2c1. The van der Waals surface area contributed by atoms with Crippen LogP contribution >= 0.6 is 0 Å². The van der Waals surface area contributed by atoms with E-state index in [9.17, 15) is 0 Å². The number of aromatic nitrogens is 3. The lowest BCUT2D eigenvalue weighted by Gasteiger charge is -2.17. The maximum absolute atomic E-state index is 4.59. The minimum atomic E-state index is 0.901. The second-order valence-electron chi connectivity index (χ2n) is 18.7. The molecule has 4 heteroatoms. The minimum absolute atomic E-state index is 0.901. The van der Waals surface area contributed by atoms with E-state index >= 15 is 0 Å². The van der Waals surface area contributed by atoms with Crippen LogP contribution in [-0.2, 0) is 6.42 Å². The summed E-state index contributed by atoms with van der Waals surface area (Å²) in [4.78, 5) is 17.6. The van der Waals surface area contributed by atoms with Gasteiger partial charge in [0.15, 0.2) is 0 Å². The fourth-order valence-electron chi connectivity index (χ4n) is 9.84. The van der Waals surface area contributed by atoms with E-state index in [1.54, 1.807) is 6.21 Å². The number of hydrogen-bond acceptors (Lipinski definition) is 4. The second kappa shape index (κ2) is 22.2. The Balaban J connectivity index is 0.000000161. The highest BCUT2D eigenvalue weighted by atomic mass is 14.7. The van der Waals surface area contributed by atoms with E-state index in [1.165, 1.54) is 87.6 Å². The average Bonchev–Trinajstić information content (AvgIpc) is 3.47. The number of aryl methyl sites for hydroxylation is 1. The zero-order valence-corrected chi connectivity index (χ0v) is 43.1. The minimum Gasteiger partial charge on any atom is -0.263 e. The van der Waals surface area contributed by atoms with Gasteiger partial charge >= 0.3 is 0 Å². The van der Waals surface area contributed by atoms with Gasteiger partial charge in [-0.1, -0.05) is 184 Å². The lowest BCUT2D eigenvalue weighted by molar-refractivity contribution is 1.14. The largest absolute Gasteiger partial charge is 0.263 e. The van der Waals surface area contributed by atoms with Crippen molar-refractivity contribution in [1.82, 2.24) is 15.0 Å². The first-order chi connectivity index (χ1) is 36.7. The molecule has 0 amide bonds. The van der Waals surface area contributed by atoms with E-state index in [1.807, 2.05) is 87.2 Å². The summed E-state index contributed by atoms with van der Waals surface area (Å²) in [6, 6.07) is 62.8. The van der Waals surface area contributed by atoms with Crippen molar-refractivity contribution in [3.8, 4) is 33.4 Å². The van der Waals surface area contributed by atoms with Gasteiger partial charge in [0.1, 0.15) is 0 Å². The highest BCUT2D eigenvalue weighted by Gasteiger charge is 2.16. The molecule has 0 unspecified atom stereocenters. The normalized spacial score (nSPS) is 11.7. The van der Waals surface area contributed by atoms with Gasteiger partial charge in [0.2, 0.25) is 0 Å². The average molecular weight is 967 g/mol. The zero-order valence-electron chi connectivity index (χ0n) is 43.1. The van der Waals surface area contributed by atoms with E-state index in [2.05, 4.69) is 205 Å². The smallest absolute Gasteiger partial charge is 0.0702 e. The van der Waals surface area contributed by atoms with Crippen LogP contribution in [0.25, 0.3) is 110 Å². The predicted octanol–water partition coefficient (Wildman–Crippen LogP) is 19.6. The van der Waals surface area contributed by atoms with Crippen LogP contribution in [0.1, 0.15) is 44.4 Å². The summed E-state index contributed by atoms with van der Waals surface area (Å²) in [6.07, 6.45) is 18.4. The number of benzene rings is 9. The zero-order chi connectivity index (χ0) is 51.8. The molecule has 0 saturated heterocycles. The monoisotopic (exact) mass is 966 g/mol. The third-order valence-electron chi connectivity index (χ3n) is 14.1. The number of fused-ring (bicyclic) bond motifs is 3. The van der Waals surface area contributed by atoms with Gasteiger partial charge in [0.25, 0.3) is 0 Å². The Morgan fingerprint density at radius 3 is 1.85 bits per heavy atom. The standard InChI is InChI=1S/C40H24N2.C20H23N.C11H11N/c1-2-6-32-31(4-1)23-41-24-37(32)34-17-12-28-13-18-35-33(16-11-27-14-19-36(34)40(28)39(27)35)26-9-7-25(8-10-26)29-15-20-38-30(22-29)5-3-21-42-38;1-7-15(4)10-11-16(5)17(6)19-12-13-20(21-9-3)18(8-2)14-19;1-2-9-5-6-11-10(8-9)4-3-7-12-11/h1-24H;7-14H,2,5-6H2,1,3-4H3;3-8H,2H2,1H3/b;11-10-,15-7+,21-9?;. The quantitative estimate of drug-likeness (QED) is 0.0779. The van der Waals surface area contributed by atoms with Crippen molar-refractivity contribution >= 4 is 88.4 Å². The van der Waals surface area contributed by atoms with Crippen LogP contribution < -0.4 is 0 Å². The van der Waals surface area contributed by atoms with Gasteiger partial charge in [-0.3, -0.25) is 19.9 Å². The third-order valence-corrected chi connectivity index (χ3v) is 14.1. The van der Waals surface area contributed by atoms with Gasteiger partial charge < -0.3 is 0 Å². The first-order valence-electron chi connectivity index (χ1n) is 25.5. The second-order valence-corrected chi connectivity index (χ2v) is 18.7. The van der Waals surface area contributed by atoms with Crippen LogP contribution in [-0.4, -0.2) is 21.2 Å². The van der Waals surface area contributed by atoms with Gasteiger partial charge in [-0.15, -0.1) is 0 Å². The van der Waals surface area contributed by atoms with Crippen molar-refractivity contribution in [2.45, 2.75) is 34.1 Å². The summed E-state index contributed by atoms with van der Waals surface area (Å²) < 4.78 is 0. The summed E-state index contributed by atoms with van der Waals surface area (Å²) >= 11 is 0. The molecule has 0 N–H and O–H groups in total. The highest BCUT2D eigenvalue weighted by Crippen LogP contribution is 2.43. The molecule has 0 atom stereocenters. The summed E-state index contributed by atoms with van der Waals surface area (Å²) in [7, 11) is 0. The highest BCUT2D eigenvalue weighted by molar-refractivity contribution is 6.28. The first-order valence-corrected chi connectivity index (χ1v) is 25.5. The van der Waals surface area contributed by atoms with Crippen LogP contribution in [0.15, 0.2) is 255 Å². The van der Waals surface area contributed by atoms with Crippen molar-refractivity contribution in [3.63, 3.8) is 0 Å². The predicted molar refractivity (Wildman–Crippen MR) is 325 cm³/mol. The van der Waals surface area contributed by atoms with E-state index in [0.29, 0.717) is 0 Å². The Bertz CT molecular complexity index is 4190. The Morgan fingerprint density at radius 2 is 1.16 bits per heavy atom. The maximum atomic E-state index is 4.59. The molecule has 12 aromatic rings. The molecule has 0 fully saturated rings. The van der Waals surface area contributed by atoms with E-state index in [-0.39, 0.29) is 0 Å². The van der Waals surface area contributed by atoms with Gasteiger partial charge in [-0.05, 0) is 164 Å². The summed E-state index contributed by atoms with van der Waals surface area (Å²) in [5, 5.41) is 12.5. The molecule has 0 aliphatic carbocycles. The van der Waals surface area contributed by atoms with Crippen LogP contribution in [0.4, 0.5) is 5.69 Å². The summed E-state index contributed by atoms with van der Waals surface area (Å²) in [5.41, 5.74) is 16.7. The number of aliphatic imine (C=N–C) groups is 1. The lowest BCUT2D eigenvalue weighted by atomic mass is 9.86. The molecule has 0 bridgehead atoms. The van der Waals surface area contributed by atoms with Gasteiger partial charge in [0.05, 0.1) is 16.7 Å². The molecule has 362 valence electrons. The van der Waals surface area contributed by atoms with E-state index < -0.39 is 0 Å². The molecule has 4 nitrogen and oxygen atoms in total. The lowest BCUT2D eigenvalue weighted by Crippen LogP contribution is -1.90. The number of allylic oxidation sites excluding steroid dienone is 6. The van der Waals surface area contributed by atoms with Crippen LogP contribution in [0.3, 0.4) is 0 Å². The van der Waals surface area contributed by atoms with Gasteiger partial charge in [0, 0.05) is 58.3 Å². The number of nitrogens with zero attached hydrogens (tertiary/aromatic N) is 4. The summed E-state index contributed by atoms with van der Waals surface area (Å²) in [5.74, 6) is 0. The van der Waals surface area contributed by atoms with Crippen molar-refractivity contribution < 1.29 is 0 Å². The van der Waals surface area contributed by atoms with Crippen LogP contribution in [0, 0.1) is 0 Å². The van der Waals surface area contributed by atoms with Crippen molar-refractivity contribution in [2.75, 3.05) is 0 Å². The summed E-state index contributed by atoms with van der Waals surface area (Å²) in [6.45, 7) is 20.2. The molecule has 9 aromatic carbocycles.